The largest absolute Gasteiger partial charge is 0.497 e. The van der Waals surface area contributed by atoms with Gasteiger partial charge in [-0.25, -0.2) is 0 Å². The summed E-state index contributed by atoms with van der Waals surface area (Å²) in [5.41, 5.74) is 1.81. The molecule has 2 heterocycles. The number of benzene rings is 2. The fraction of sp³-hybridized carbons (Fsp3) is 0.143. The van der Waals surface area contributed by atoms with Crippen molar-refractivity contribution in [2.45, 2.75) is 0 Å². The minimum atomic E-state index is -0.208. The van der Waals surface area contributed by atoms with E-state index >= 15 is 0 Å². The van der Waals surface area contributed by atoms with Gasteiger partial charge >= 0.3 is 0 Å². The number of nitrogens with one attached hydrogen (secondary N) is 1. The average Bonchev–Trinajstić information content (AvgIpc) is 3.20. The molecule has 152 valence electrons. The number of methoxy groups -OCH3 is 1. The topological polar surface area (TPSA) is 90.6 Å². The lowest BCUT2D eigenvalue weighted by molar-refractivity contribution is 0.0946. The Bertz CT molecular complexity index is 1190. The third kappa shape index (κ3) is 4.18. The minimum absolute atomic E-state index is 0.208. The van der Waals surface area contributed by atoms with Crippen LogP contribution >= 0.6 is 11.6 Å². The molecule has 0 saturated heterocycles. The first kappa shape index (κ1) is 19.7. The van der Waals surface area contributed by atoms with Crippen molar-refractivity contribution in [1.29, 1.82) is 0 Å². The molecule has 8 nitrogen and oxygen atoms in total. The molecule has 0 aliphatic heterocycles. The molecule has 0 saturated carbocycles. The molecule has 0 bridgehead atoms. The van der Waals surface area contributed by atoms with Gasteiger partial charge in [-0.2, -0.15) is 4.52 Å². The van der Waals surface area contributed by atoms with Crippen molar-refractivity contribution in [3.8, 4) is 23.0 Å². The lowest BCUT2D eigenvalue weighted by Gasteiger charge is -2.08. The van der Waals surface area contributed by atoms with Crippen molar-refractivity contribution >= 4 is 23.2 Å². The number of aromatic nitrogens is 4. The molecule has 4 aromatic rings. The van der Waals surface area contributed by atoms with Gasteiger partial charge in [0.15, 0.2) is 11.5 Å². The first-order valence-corrected chi connectivity index (χ1v) is 9.56. The molecule has 2 aromatic carbocycles. The van der Waals surface area contributed by atoms with Crippen LogP contribution in [0.5, 0.6) is 11.6 Å². The third-order valence-corrected chi connectivity index (χ3v) is 4.65. The molecule has 0 aliphatic carbocycles. The molecule has 0 aliphatic rings. The molecule has 2 aromatic heterocycles. The van der Waals surface area contributed by atoms with Crippen molar-refractivity contribution in [3.05, 3.63) is 71.2 Å². The van der Waals surface area contributed by atoms with E-state index in [9.17, 15) is 4.79 Å². The summed E-state index contributed by atoms with van der Waals surface area (Å²) < 4.78 is 12.4. The molecule has 0 spiro atoms. The molecule has 0 radical (unpaired) electrons. The van der Waals surface area contributed by atoms with Gasteiger partial charge in [-0.05, 0) is 36.4 Å². The molecule has 30 heavy (non-hydrogen) atoms. The highest BCUT2D eigenvalue weighted by atomic mass is 35.5. The van der Waals surface area contributed by atoms with E-state index in [0.29, 0.717) is 40.2 Å². The van der Waals surface area contributed by atoms with Gasteiger partial charge in [0, 0.05) is 17.2 Å². The summed E-state index contributed by atoms with van der Waals surface area (Å²) in [5, 5.41) is 16.1. The lowest BCUT2D eigenvalue weighted by Crippen LogP contribution is -2.28. The Morgan fingerprint density at radius 1 is 1.10 bits per heavy atom. The maximum absolute atomic E-state index is 12.2. The van der Waals surface area contributed by atoms with Crippen LogP contribution in [-0.2, 0) is 0 Å². The maximum Gasteiger partial charge on any atom is 0.251 e. The van der Waals surface area contributed by atoms with Gasteiger partial charge in [0.2, 0.25) is 5.88 Å². The maximum atomic E-state index is 12.2. The molecule has 4 rings (SSSR count). The monoisotopic (exact) mass is 423 g/mol. The second-order valence-electron chi connectivity index (χ2n) is 6.28. The summed E-state index contributed by atoms with van der Waals surface area (Å²) >= 11 is 6.27. The van der Waals surface area contributed by atoms with E-state index < -0.39 is 0 Å². The summed E-state index contributed by atoms with van der Waals surface area (Å²) in [6.07, 6.45) is 0. The summed E-state index contributed by atoms with van der Waals surface area (Å²) in [7, 11) is 1.56. The van der Waals surface area contributed by atoms with Gasteiger partial charge in [-0.15, -0.1) is 15.3 Å². The van der Waals surface area contributed by atoms with E-state index in [2.05, 4.69) is 20.6 Å². The Balaban J connectivity index is 1.40. The molecule has 1 amide bonds. The summed E-state index contributed by atoms with van der Waals surface area (Å²) in [6.45, 7) is 0.563. The predicted octanol–water partition coefficient (Wildman–Crippen LogP) is 3.26. The third-order valence-electron chi connectivity index (χ3n) is 4.32. The van der Waals surface area contributed by atoms with E-state index in [1.54, 1.807) is 54.1 Å². The lowest BCUT2D eigenvalue weighted by atomic mass is 10.2. The van der Waals surface area contributed by atoms with Crippen LogP contribution in [0, 0.1) is 0 Å². The normalized spacial score (nSPS) is 10.7. The van der Waals surface area contributed by atoms with Gasteiger partial charge < -0.3 is 14.8 Å². The van der Waals surface area contributed by atoms with Crippen molar-refractivity contribution in [2.24, 2.45) is 0 Å². The number of rotatable bonds is 7. The van der Waals surface area contributed by atoms with Crippen molar-refractivity contribution < 1.29 is 14.3 Å². The summed E-state index contributed by atoms with van der Waals surface area (Å²) in [5.74, 6) is 1.32. The molecule has 1 N–H and O–H groups in total. The molecular formula is C21H18ClN5O3. The second kappa shape index (κ2) is 8.79. The minimum Gasteiger partial charge on any atom is -0.497 e. The zero-order valence-electron chi connectivity index (χ0n) is 16.1. The Morgan fingerprint density at radius 2 is 1.97 bits per heavy atom. The number of ether oxygens (including phenoxy) is 2. The molecule has 0 atom stereocenters. The highest BCUT2D eigenvalue weighted by Crippen LogP contribution is 2.26. The van der Waals surface area contributed by atoms with Crippen molar-refractivity contribution in [2.75, 3.05) is 20.3 Å². The van der Waals surface area contributed by atoms with Crippen LogP contribution in [0.4, 0.5) is 0 Å². The van der Waals surface area contributed by atoms with Crippen molar-refractivity contribution in [1.82, 2.24) is 25.1 Å². The van der Waals surface area contributed by atoms with Crippen LogP contribution in [0.1, 0.15) is 10.4 Å². The van der Waals surface area contributed by atoms with Crippen LogP contribution < -0.4 is 14.8 Å². The molecular weight excluding hydrogens is 406 g/mol. The summed E-state index contributed by atoms with van der Waals surface area (Å²) in [4.78, 5) is 12.2. The van der Waals surface area contributed by atoms with Gasteiger partial charge in [0.1, 0.15) is 12.4 Å². The molecule has 0 unspecified atom stereocenters. The Hall–Kier alpha value is -3.65. The number of hydrogen-bond donors (Lipinski definition) is 1. The average molecular weight is 424 g/mol. The van der Waals surface area contributed by atoms with Crippen LogP contribution in [0.15, 0.2) is 60.7 Å². The van der Waals surface area contributed by atoms with Gasteiger partial charge in [0.05, 0.1) is 18.7 Å². The predicted molar refractivity (Wildman–Crippen MR) is 112 cm³/mol. The standard InChI is InChI=1S/C21H18ClN5O3/c1-29-15-6-4-5-14(13-15)21(28)23-11-12-30-19-10-9-18-24-25-20(27(18)26-19)16-7-2-3-8-17(16)22/h2-10,13H,11-12H2,1H3,(H,23,28). The number of hydrogen-bond acceptors (Lipinski definition) is 6. The zero-order chi connectivity index (χ0) is 20.9. The van der Waals surface area contributed by atoms with Gasteiger partial charge in [-0.3, -0.25) is 4.79 Å². The van der Waals surface area contributed by atoms with Crippen LogP contribution in [-0.4, -0.2) is 46.0 Å². The highest BCUT2D eigenvalue weighted by molar-refractivity contribution is 6.33. The number of halogens is 1. The number of nitrogens with zero attached hydrogens (tertiary/aromatic N) is 4. The van der Waals surface area contributed by atoms with Gasteiger partial charge in [0.25, 0.3) is 5.91 Å². The van der Waals surface area contributed by atoms with Crippen LogP contribution in [0.2, 0.25) is 5.02 Å². The van der Waals surface area contributed by atoms with E-state index in [0.717, 1.165) is 5.56 Å². The fourth-order valence-electron chi connectivity index (χ4n) is 2.85. The van der Waals surface area contributed by atoms with Crippen LogP contribution in [0.3, 0.4) is 0 Å². The smallest absolute Gasteiger partial charge is 0.251 e. The zero-order valence-corrected chi connectivity index (χ0v) is 16.8. The number of amides is 1. The quantitative estimate of drug-likeness (QED) is 0.459. The first-order valence-electron chi connectivity index (χ1n) is 9.18. The second-order valence-corrected chi connectivity index (χ2v) is 6.69. The van der Waals surface area contributed by atoms with Crippen molar-refractivity contribution in [3.63, 3.8) is 0 Å². The van der Waals surface area contributed by atoms with E-state index in [-0.39, 0.29) is 12.5 Å². The fourth-order valence-corrected chi connectivity index (χ4v) is 3.07. The SMILES string of the molecule is COc1cccc(C(=O)NCCOc2ccc3nnc(-c4ccccc4Cl)n3n2)c1. The van der Waals surface area contributed by atoms with E-state index in [1.807, 2.05) is 18.2 Å². The highest BCUT2D eigenvalue weighted by Gasteiger charge is 2.13. The first-order chi connectivity index (χ1) is 14.7. The Labute approximate surface area is 177 Å². The molecule has 0 fully saturated rings. The molecule has 9 heteroatoms. The van der Waals surface area contributed by atoms with Gasteiger partial charge in [-0.1, -0.05) is 29.8 Å². The number of carbonyl (C=O) groups excluding carboxylic acids is 1. The number of carbonyl (C=O) groups is 1. The number of fused-ring (bicyclic) bond motifs is 1. The van der Waals surface area contributed by atoms with E-state index in [4.69, 9.17) is 21.1 Å². The Morgan fingerprint density at radius 3 is 2.80 bits per heavy atom. The van der Waals surface area contributed by atoms with Crippen LogP contribution in [0.25, 0.3) is 17.0 Å². The summed E-state index contributed by atoms with van der Waals surface area (Å²) in [6, 6.07) is 17.7. The Kier molecular flexibility index (Phi) is 5.76. The van der Waals surface area contributed by atoms with E-state index in [1.165, 1.54) is 0 Å².